The number of aryl methyl sites for hydroxylation is 1. The third kappa shape index (κ3) is 4.80. The van der Waals surface area contributed by atoms with Gasteiger partial charge in [0.15, 0.2) is 5.78 Å². The number of nitrogens with zero attached hydrogens (tertiary/aromatic N) is 1. The standard InChI is InChI=1S/C28H24ClN3O3S2/c1-16-13-15-37-26(16)23-22(25(33)20-8-5-14-36-20)21(17-9-11-18(29)12-10-17)24(27(30)34)32(23)28(35)31-19-6-3-2-4-7-19/h2-15,21-24H,1H3,(H2,30,34)(H,31,35). The maximum atomic E-state index is 14.1. The van der Waals surface area contributed by atoms with Crippen LogP contribution in [0.15, 0.2) is 83.6 Å². The normalized spacial score (nSPS) is 21.1. The van der Waals surface area contributed by atoms with Crippen LogP contribution in [-0.4, -0.2) is 28.7 Å². The molecule has 3 N–H and O–H groups in total. The molecule has 1 saturated heterocycles. The number of rotatable bonds is 6. The van der Waals surface area contributed by atoms with E-state index in [2.05, 4.69) is 5.32 Å². The zero-order valence-corrected chi connectivity index (χ0v) is 22.2. The monoisotopic (exact) mass is 549 g/mol. The van der Waals surface area contributed by atoms with Crippen molar-refractivity contribution in [2.24, 2.45) is 11.7 Å². The highest BCUT2D eigenvalue weighted by atomic mass is 35.5. The molecule has 1 aliphatic heterocycles. The summed E-state index contributed by atoms with van der Waals surface area (Å²) in [4.78, 5) is 44.1. The van der Waals surface area contributed by atoms with Gasteiger partial charge in [-0.3, -0.25) is 9.59 Å². The van der Waals surface area contributed by atoms with Crippen molar-refractivity contribution < 1.29 is 14.4 Å². The Labute approximate surface area is 227 Å². The summed E-state index contributed by atoms with van der Waals surface area (Å²) in [6, 6.07) is 19.3. The number of anilines is 1. The average molecular weight is 550 g/mol. The number of hydrogen-bond donors (Lipinski definition) is 2. The number of primary amides is 1. The van der Waals surface area contributed by atoms with Gasteiger partial charge >= 0.3 is 6.03 Å². The van der Waals surface area contributed by atoms with Crippen molar-refractivity contribution in [2.75, 3.05) is 5.32 Å². The van der Waals surface area contributed by atoms with Crippen molar-refractivity contribution in [1.82, 2.24) is 4.90 Å². The van der Waals surface area contributed by atoms with E-state index in [4.69, 9.17) is 17.3 Å². The van der Waals surface area contributed by atoms with Crippen molar-refractivity contribution in [3.8, 4) is 0 Å². The van der Waals surface area contributed by atoms with Gasteiger partial charge in [0.05, 0.1) is 16.8 Å². The molecule has 0 saturated carbocycles. The second kappa shape index (κ2) is 10.5. The van der Waals surface area contributed by atoms with Crippen molar-refractivity contribution in [2.45, 2.75) is 24.9 Å². The number of halogens is 1. The number of carbonyl (C=O) groups excluding carboxylic acids is 3. The molecule has 37 heavy (non-hydrogen) atoms. The van der Waals surface area contributed by atoms with E-state index in [-0.39, 0.29) is 5.78 Å². The Hall–Kier alpha value is -3.46. The quantitative estimate of drug-likeness (QED) is 0.269. The van der Waals surface area contributed by atoms with Gasteiger partial charge in [-0.05, 0) is 65.2 Å². The Morgan fingerprint density at radius 2 is 1.65 bits per heavy atom. The lowest BCUT2D eigenvalue weighted by Crippen LogP contribution is -2.48. The van der Waals surface area contributed by atoms with Gasteiger partial charge < -0.3 is 16.0 Å². The van der Waals surface area contributed by atoms with Crippen molar-refractivity contribution in [3.05, 3.63) is 109 Å². The molecular weight excluding hydrogens is 526 g/mol. The maximum absolute atomic E-state index is 14.1. The van der Waals surface area contributed by atoms with Crippen LogP contribution in [0.1, 0.15) is 37.6 Å². The Kier molecular flexibility index (Phi) is 7.15. The van der Waals surface area contributed by atoms with Crippen LogP contribution in [0.2, 0.25) is 5.02 Å². The Morgan fingerprint density at radius 1 is 0.919 bits per heavy atom. The van der Waals surface area contributed by atoms with E-state index in [9.17, 15) is 14.4 Å². The molecule has 0 spiro atoms. The number of hydrogen-bond acceptors (Lipinski definition) is 5. The lowest BCUT2D eigenvalue weighted by molar-refractivity contribution is -0.122. The fraction of sp³-hybridized carbons (Fsp3) is 0.179. The molecule has 2 aromatic carbocycles. The van der Waals surface area contributed by atoms with Crippen molar-refractivity contribution in [1.29, 1.82) is 0 Å². The minimum Gasteiger partial charge on any atom is -0.368 e. The maximum Gasteiger partial charge on any atom is 0.323 e. The van der Waals surface area contributed by atoms with E-state index in [0.717, 1.165) is 16.0 Å². The second-order valence-corrected chi connectivity index (χ2v) is 11.2. The highest BCUT2D eigenvalue weighted by Gasteiger charge is 2.57. The van der Waals surface area contributed by atoms with Gasteiger partial charge in [0.2, 0.25) is 5.91 Å². The zero-order chi connectivity index (χ0) is 26.1. The average Bonchev–Trinajstić information content (AvgIpc) is 3.63. The molecule has 0 aliphatic carbocycles. The smallest absolute Gasteiger partial charge is 0.323 e. The number of carbonyl (C=O) groups is 3. The van der Waals surface area contributed by atoms with Gasteiger partial charge in [-0.25, -0.2) is 4.79 Å². The van der Waals surface area contributed by atoms with Crippen LogP contribution in [-0.2, 0) is 4.79 Å². The molecule has 2 aromatic heterocycles. The highest BCUT2D eigenvalue weighted by Crippen LogP contribution is 2.53. The number of likely N-dealkylation sites (tertiary alicyclic amines) is 1. The summed E-state index contributed by atoms with van der Waals surface area (Å²) in [6.07, 6.45) is 0. The van der Waals surface area contributed by atoms with Gasteiger partial charge in [0.1, 0.15) is 6.04 Å². The number of nitrogens with two attached hydrogens (primary N) is 1. The lowest BCUT2D eigenvalue weighted by Gasteiger charge is -2.30. The lowest BCUT2D eigenvalue weighted by atomic mass is 9.78. The molecule has 3 heterocycles. The van der Waals surface area contributed by atoms with E-state index in [0.29, 0.717) is 15.6 Å². The van der Waals surface area contributed by atoms with Gasteiger partial charge in [-0.15, -0.1) is 22.7 Å². The molecule has 4 aromatic rings. The number of thiophene rings is 2. The minimum atomic E-state index is -1.06. The summed E-state index contributed by atoms with van der Waals surface area (Å²) in [5.74, 6) is -2.22. The summed E-state index contributed by atoms with van der Waals surface area (Å²) in [5.41, 5.74) is 8.26. The number of Topliss-reactive ketones (excluding diaryl/α,β-unsaturated/α-hetero) is 1. The SMILES string of the molecule is Cc1ccsc1C1C(C(=O)c2cccs2)C(c2ccc(Cl)cc2)C(C(N)=O)N1C(=O)Nc1ccccc1. The van der Waals surface area contributed by atoms with Gasteiger partial charge in [-0.1, -0.05) is 48.0 Å². The molecule has 0 bridgehead atoms. The number of ketones is 1. The highest BCUT2D eigenvalue weighted by molar-refractivity contribution is 7.12. The molecule has 0 radical (unpaired) electrons. The first-order valence-electron chi connectivity index (χ1n) is 11.7. The first kappa shape index (κ1) is 25.2. The largest absolute Gasteiger partial charge is 0.368 e. The predicted molar refractivity (Wildman–Crippen MR) is 148 cm³/mol. The Balaban J connectivity index is 1.71. The molecule has 5 rings (SSSR count). The van der Waals surface area contributed by atoms with Gasteiger partial charge in [0, 0.05) is 21.5 Å². The summed E-state index contributed by atoms with van der Waals surface area (Å²) >= 11 is 8.97. The molecule has 1 fully saturated rings. The van der Waals surface area contributed by atoms with Crippen molar-refractivity contribution >= 4 is 57.7 Å². The van der Waals surface area contributed by atoms with Gasteiger partial charge in [-0.2, -0.15) is 0 Å². The number of nitrogens with one attached hydrogen (secondary N) is 1. The minimum absolute atomic E-state index is 0.131. The third-order valence-corrected chi connectivity index (χ3v) is 8.94. The molecule has 9 heteroatoms. The van der Waals surface area contributed by atoms with Crippen LogP contribution in [0.3, 0.4) is 0 Å². The van der Waals surface area contributed by atoms with Gasteiger partial charge in [0.25, 0.3) is 0 Å². The van der Waals surface area contributed by atoms with Crippen LogP contribution in [0.25, 0.3) is 0 Å². The molecule has 1 aliphatic rings. The molecule has 4 atom stereocenters. The third-order valence-electron chi connectivity index (χ3n) is 6.71. The number of benzene rings is 2. The van der Waals surface area contributed by atoms with Crippen molar-refractivity contribution in [3.63, 3.8) is 0 Å². The van der Waals surface area contributed by atoms with E-state index < -0.39 is 35.9 Å². The van der Waals surface area contributed by atoms with Crippen LogP contribution in [0.5, 0.6) is 0 Å². The molecule has 188 valence electrons. The zero-order valence-electron chi connectivity index (χ0n) is 19.8. The second-order valence-electron chi connectivity index (χ2n) is 8.91. The fourth-order valence-electron chi connectivity index (χ4n) is 5.13. The molecule has 4 unspecified atom stereocenters. The van der Waals surface area contributed by atoms with E-state index in [1.165, 1.54) is 27.6 Å². The Morgan fingerprint density at radius 3 is 2.24 bits per heavy atom. The molecule has 6 nitrogen and oxygen atoms in total. The molecule has 3 amide bonds. The number of amides is 3. The number of urea groups is 1. The summed E-state index contributed by atoms with van der Waals surface area (Å²) in [5, 5.41) is 7.21. The van der Waals surface area contributed by atoms with Crippen LogP contribution in [0.4, 0.5) is 10.5 Å². The number of para-hydroxylation sites is 1. The van der Waals surface area contributed by atoms with Crippen LogP contribution < -0.4 is 11.1 Å². The topological polar surface area (TPSA) is 92.5 Å². The summed E-state index contributed by atoms with van der Waals surface area (Å²) in [6.45, 7) is 1.95. The summed E-state index contributed by atoms with van der Waals surface area (Å²) < 4.78 is 0. The Bertz CT molecular complexity index is 1420. The van der Waals surface area contributed by atoms with E-state index in [1.54, 1.807) is 42.5 Å². The van der Waals surface area contributed by atoms with Crippen LogP contribution in [0, 0.1) is 12.8 Å². The predicted octanol–water partition coefficient (Wildman–Crippen LogP) is 6.50. The van der Waals surface area contributed by atoms with E-state index >= 15 is 0 Å². The van der Waals surface area contributed by atoms with Crippen LogP contribution >= 0.6 is 34.3 Å². The first-order valence-corrected chi connectivity index (χ1v) is 13.8. The first-order chi connectivity index (χ1) is 17.9. The fourth-order valence-corrected chi connectivity index (χ4v) is 7.04. The molecular formula is C28H24ClN3O3S2. The van der Waals surface area contributed by atoms with E-state index in [1.807, 2.05) is 48.0 Å². The summed E-state index contributed by atoms with van der Waals surface area (Å²) in [7, 11) is 0.